The third-order valence-electron chi connectivity index (χ3n) is 4.14. The van der Waals surface area contributed by atoms with Gasteiger partial charge in [0.1, 0.15) is 6.04 Å². The van der Waals surface area contributed by atoms with Crippen molar-refractivity contribution in [2.75, 3.05) is 32.8 Å². The Bertz CT molecular complexity index is 353. The predicted molar refractivity (Wildman–Crippen MR) is 70.3 cm³/mol. The van der Waals surface area contributed by atoms with Gasteiger partial charge in [-0.1, -0.05) is 13.3 Å². The normalized spacial score (nSPS) is 31.4. The molecule has 6 nitrogen and oxygen atoms in total. The summed E-state index contributed by atoms with van der Waals surface area (Å²) in [5, 5.41) is 3.27. The van der Waals surface area contributed by atoms with Crippen LogP contribution in [-0.2, 0) is 14.3 Å². The molecule has 2 amide bonds. The minimum absolute atomic E-state index is 0.0615. The Balaban J connectivity index is 2.17. The Morgan fingerprint density at radius 3 is 2.89 bits per heavy atom. The highest BCUT2D eigenvalue weighted by Gasteiger charge is 2.45. The van der Waals surface area contributed by atoms with Crippen molar-refractivity contribution in [3.8, 4) is 0 Å². The van der Waals surface area contributed by atoms with E-state index in [-0.39, 0.29) is 17.9 Å². The molecule has 2 atom stereocenters. The van der Waals surface area contributed by atoms with Gasteiger partial charge in [-0.05, 0) is 19.4 Å². The van der Waals surface area contributed by atoms with E-state index >= 15 is 0 Å². The van der Waals surface area contributed by atoms with Crippen molar-refractivity contribution in [1.82, 2.24) is 10.2 Å². The molecule has 0 aromatic carbocycles. The van der Waals surface area contributed by atoms with E-state index < -0.39 is 11.9 Å². The number of carbonyl (C=O) groups is 2. The van der Waals surface area contributed by atoms with E-state index in [9.17, 15) is 9.59 Å². The van der Waals surface area contributed by atoms with Gasteiger partial charge in [-0.3, -0.25) is 9.59 Å². The zero-order valence-corrected chi connectivity index (χ0v) is 11.5. The van der Waals surface area contributed by atoms with Gasteiger partial charge in [0.25, 0.3) is 0 Å². The third kappa shape index (κ3) is 2.74. The Kier molecular flexibility index (Phi) is 4.42. The minimum atomic E-state index is -0.615. The molecule has 0 radical (unpaired) electrons. The molecule has 3 N–H and O–H groups in total. The summed E-state index contributed by atoms with van der Waals surface area (Å²) in [4.78, 5) is 26.0. The van der Waals surface area contributed by atoms with E-state index in [1.807, 2.05) is 0 Å². The van der Waals surface area contributed by atoms with Crippen LogP contribution in [0.1, 0.15) is 26.2 Å². The van der Waals surface area contributed by atoms with E-state index in [4.69, 9.17) is 10.5 Å². The molecule has 0 aromatic heterocycles. The van der Waals surface area contributed by atoms with E-state index in [1.54, 1.807) is 4.90 Å². The van der Waals surface area contributed by atoms with Crippen LogP contribution in [0.2, 0.25) is 0 Å². The van der Waals surface area contributed by atoms with Crippen LogP contribution in [0.3, 0.4) is 0 Å². The first kappa shape index (κ1) is 14.3. The molecular formula is C13H23N3O3. The summed E-state index contributed by atoms with van der Waals surface area (Å²) in [5.41, 5.74) is 5.02. The number of nitrogens with zero attached hydrogens (tertiary/aromatic N) is 1. The van der Waals surface area contributed by atoms with Crippen LogP contribution in [0, 0.1) is 5.41 Å². The quantitative estimate of drug-likeness (QED) is 0.719. The van der Waals surface area contributed by atoms with Crippen LogP contribution in [0.25, 0.3) is 0 Å². The predicted octanol–water partition coefficient (Wildman–Crippen LogP) is -0.521. The van der Waals surface area contributed by atoms with Crippen molar-refractivity contribution in [3.05, 3.63) is 0 Å². The monoisotopic (exact) mass is 269 g/mol. The Morgan fingerprint density at radius 2 is 2.32 bits per heavy atom. The molecule has 2 saturated heterocycles. The highest BCUT2D eigenvalue weighted by molar-refractivity contribution is 5.90. The van der Waals surface area contributed by atoms with E-state index in [2.05, 4.69) is 12.2 Å². The minimum Gasteiger partial charge on any atom is -0.377 e. The molecule has 0 aromatic rings. The van der Waals surface area contributed by atoms with Gasteiger partial charge < -0.3 is 20.7 Å². The van der Waals surface area contributed by atoms with Gasteiger partial charge in [0.05, 0.1) is 18.6 Å². The highest BCUT2D eigenvalue weighted by atomic mass is 16.5. The van der Waals surface area contributed by atoms with Gasteiger partial charge in [0.2, 0.25) is 11.8 Å². The van der Waals surface area contributed by atoms with Crippen molar-refractivity contribution >= 4 is 11.8 Å². The van der Waals surface area contributed by atoms with Gasteiger partial charge in [-0.25, -0.2) is 0 Å². The number of hydrogen-bond donors (Lipinski definition) is 2. The van der Waals surface area contributed by atoms with Gasteiger partial charge in [-0.2, -0.15) is 0 Å². The zero-order chi connectivity index (χ0) is 13.9. The summed E-state index contributed by atoms with van der Waals surface area (Å²) in [7, 11) is 0. The lowest BCUT2D eigenvalue weighted by Crippen LogP contribution is -2.58. The molecule has 19 heavy (non-hydrogen) atoms. The average molecular weight is 269 g/mol. The summed E-state index contributed by atoms with van der Waals surface area (Å²) < 4.78 is 5.27. The van der Waals surface area contributed by atoms with E-state index in [0.717, 1.165) is 25.8 Å². The molecule has 6 heteroatoms. The van der Waals surface area contributed by atoms with Gasteiger partial charge in [0.15, 0.2) is 0 Å². The summed E-state index contributed by atoms with van der Waals surface area (Å²) in [6.45, 7) is 4.79. The Labute approximate surface area is 113 Å². The topological polar surface area (TPSA) is 84.7 Å². The second-order valence-corrected chi connectivity index (χ2v) is 5.45. The van der Waals surface area contributed by atoms with Gasteiger partial charge >= 0.3 is 0 Å². The smallest absolute Gasteiger partial charge is 0.242 e. The third-order valence-corrected chi connectivity index (χ3v) is 4.14. The van der Waals surface area contributed by atoms with Crippen LogP contribution in [0.15, 0.2) is 0 Å². The Hall–Kier alpha value is -1.14. The summed E-state index contributed by atoms with van der Waals surface area (Å²) in [6.07, 6.45) is 2.64. The number of ether oxygens (including phenoxy) is 1. The molecule has 0 spiro atoms. The largest absolute Gasteiger partial charge is 0.377 e. The number of nitrogens with two attached hydrogens (primary N) is 1. The molecule has 2 unspecified atom stereocenters. The van der Waals surface area contributed by atoms with Crippen LogP contribution < -0.4 is 11.1 Å². The lowest BCUT2D eigenvalue weighted by Gasteiger charge is -2.39. The number of hydrogen-bond acceptors (Lipinski definition) is 4. The summed E-state index contributed by atoms with van der Waals surface area (Å²) >= 11 is 0. The molecule has 108 valence electrons. The maximum Gasteiger partial charge on any atom is 0.242 e. The van der Waals surface area contributed by atoms with Crippen molar-refractivity contribution < 1.29 is 14.3 Å². The number of nitrogens with one attached hydrogen (secondary N) is 1. The van der Waals surface area contributed by atoms with Crippen molar-refractivity contribution in [3.63, 3.8) is 0 Å². The number of primary amides is 1. The molecule has 2 aliphatic rings. The zero-order valence-electron chi connectivity index (χ0n) is 11.5. The molecular weight excluding hydrogens is 246 g/mol. The first-order valence-electron chi connectivity index (χ1n) is 6.99. The van der Waals surface area contributed by atoms with Gasteiger partial charge in [-0.15, -0.1) is 0 Å². The highest BCUT2D eigenvalue weighted by Crippen LogP contribution is 2.34. The molecule has 0 aliphatic carbocycles. The fourth-order valence-corrected chi connectivity index (χ4v) is 3.11. The molecule has 0 bridgehead atoms. The fourth-order valence-electron chi connectivity index (χ4n) is 3.11. The van der Waals surface area contributed by atoms with Crippen LogP contribution >= 0.6 is 0 Å². The van der Waals surface area contributed by atoms with Gasteiger partial charge in [0, 0.05) is 13.1 Å². The standard InChI is InChI=1S/C13H23N3O3/c1-2-3-13(4-5-15-9-13)12(18)16-6-7-19-8-10(16)11(14)17/h10,15H,2-9H2,1H3,(H2,14,17). The second-order valence-electron chi connectivity index (χ2n) is 5.45. The SMILES string of the molecule is CCCC1(C(=O)N2CCOCC2C(N)=O)CCNC1. The van der Waals surface area contributed by atoms with Crippen molar-refractivity contribution in [2.45, 2.75) is 32.2 Å². The number of amides is 2. The number of rotatable bonds is 4. The molecule has 2 heterocycles. The van der Waals surface area contributed by atoms with E-state index in [0.29, 0.717) is 19.7 Å². The first-order valence-corrected chi connectivity index (χ1v) is 6.99. The molecule has 2 aliphatic heterocycles. The molecule has 2 fully saturated rings. The lowest BCUT2D eigenvalue weighted by atomic mass is 9.80. The van der Waals surface area contributed by atoms with E-state index in [1.165, 1.54) is 0 Å². The molecule has 2 rings (SSSR count). The average Bonchev–Trinajstić information content (AvgIpc) is 2.88. The number of morpholine rings is 1. The van der Waals surface area contributed by atoms with Crippen LogP contribution in [0.4, 0.5) is 0 Å². The first-order chi connectivity index (χ1) is 9.10. The van der Waals surface area contributed by atoms with Crippen LogP contribution in [-0.4, -0.2) is 55.6 Å². The van der Waals surface area contributed by atoms with Crippen molar-refractivity contribution in [2.24, 2.45) is 11.1 Å². The fraction of sp³-hybridized carbons (Fsp3) is 0.846. The molecule has 0 saturated carbocycles. The van der Waals surface area contributed by atoms with Crippen LogP contribution in [0.5, 0.6) is 0 Å². The number of carbonyl (C=O) groups excluding carboxylic acids is 2. The summed E-state index contributed by atoms with van der Waals surface area (Å²) in [6, 6.07) is -0.615. The van der Waals surface area contributed by atoms with Crippen molar-refractivity contribution in [1.29, 1.82) is 0 Å². The Morgan fingerprint density at radius 1 is 1.53 bits per heavy atom. The second kappa shape index (κ2) is 5.88. The maximum atomic E-state index is 12.8. The maximum absolute atomic E-state index is 12.8. The summed E-state index contributed by atoms with van der Waals surface area (Å²) in [5.74, 6) is -0.419. The lowest BCUT2D eigenvalue weighted by molar-refractivity contribution is -0.155.